The van der Waals surface area contributed by atoms with Gasteiger partial charge >= 0.3 is 0 Å². The molecular formula is C21H19Cl2N3O. The summed E-state index contributed by atoms with van der Waals surface area (Å²) >= 11 is 12.1. The van der Waals surface area contributed by atoms with Gasteiger partial charge in [0.2, 0.25) is 0 Å². The van der Waals surface area contributed by atoms with Gasteiger partial charge in [0.05, 0.1) is 19.0 Å². The second kappa shape index (κ2) is 8.58. The van der Waals surface area contributed by atoms with E-state index in [1.807, 2.05) is 59.1 Å². The van der Waals surface area contributed by atoms with E-state index >= 15 is 0 Å². The first kappa shape index (κ1) is 19.4. The lowest BCUT2D eigenvalue weighted by Gasteiger charge is -2.16. The summed E-state index contributed by atoms with van der Waals surface area (Å²) in [6, 6.07) is 15.3. The predicted molar refractivity (Wildman–Crippen MR) is 109 cm³/mol. The number of carbonyl (C=O) groups excluding carboxylic acids is 1. The summed E-state index contributed by atoms with van der Waals surface area (Å²) in [6.07, 6.45) is 2.26. The summed E-state index contributed by atoms with van der Waals surface area (Å²) in [7, 11) is 1.89. The molecule has 0 amide bonds. The molecule has 4 nitrogen and oxygen atoms in total. The van der Waals surface area contributed by atoms with Crippen LogP contribution in [0.3, 0.4) is 0 Å². The Morgan fingerprint density at radius 2 is 1.89 bits per heavy atom. The third-order valence-corrected chi connectivity index (χ3v) is 4.78. The minimum atomic E-state index is 0.0394. The Morgan fingerprint density at radius 3 is 2.59 bits per heavy atom. The van der Waals surface area contributed by atoms with Gasteiger partial charge in [0.1, 0.15) is 0 Å². The minimum absolute atomic E-state index is 0.0394. The number of carbonyl (C=O) groups is 1. The molecule has 3 aromatic rings. The van der Waals surface area contributed by atoms with Crippen LogP contribution in [0.2, 0.25) is 10.0 Å². The molecule has 1 heterocycles. The average Bonchev–Trinajstić information content (AvgIpc) is 2.98. The Hall–Kier alpha value is -2.32. The standard InChI is InChI=1S/C21H19Cl2N3O/c1-25(12-15-9-16(22)11-17(23)10-15)14-21(27)19-13-26(8-4-7-24)20-6-3-2-5-18(19)20/h2-3,5-6,9-11,13H,4,8,12,14H2,1H3. The zero-order valence-corrected chi connectivity index (χ0v) is 16.5. The van der Waals surface area contributed by atoms with E-state index in [9.17, 15) is 4.79 Å². The van der Waals surface area contributed by atoms with Crippen molar-refractivity contribution in [3.63, 3.8) is 0 Å². The van der Waals surface area contributed by atoms with Gasteiger partial charge in [-0.05, 0) is 36.9 Å². The van der Waals surface area contributed by atoms with Crippen LogP contribution in [0.25, 0.3) is 10.9 Å². The van der Waals surface area contributed by atoms with E-state index < -0.39 is 0 Å². The molecule has 138 valence electrons. The van der Waals surface area contributed by atoms with E-state index in [0.717, 1.165) is 16.5 Å². The Bertz CT molecular complexity index is 1000. The van der Waals surface area contributed by atoms with Gasteiger partial charge in [-0.1, -0.05) is 41.4 Å². The van der Waals surface area contributed by atoms with Gasteiger partial charge in [-0.15, -0.1) is 0 Å². The number of ketones is 1. The van der Waals surface area contributed by atoms with Gasteiger partial charge in [-0.2, -0.15) is 5.26 Å². The molecule has 0 saturated carbocycles. The molecule has 0 bridgehead atoms. The van der Waals surface area contributed by atoms with E-state index in [0.29, 0.717) is 35.1 Å². The Balaban J connectivity index is 1.78. The molecule has 27 heavy (non-hydrogen) atoms. The van der Waals surface area contributed by atoms with Gasteiger partial charge in [-0.3, -0.25) is 9.69 Å². The minimum Gasteiger partial charge on any atom is -0.346 e. The van der Waals surface area contributed by atoms with Crippen LogP contribution in [0.15, 0.2) is 48.7 Å². The van der Waals surface area contributed by atoms with Crippen molar-refractivity contribution in [1.82, 2.24) is 9.47 Å². The number of rotatable bonds is 7. The van der Waals surface area contributed by atoms with E-state index in [4.69, 9.17) is 28.5 Å². The quantitative estimate of drug-likeness (QED) is 0.514. The molecule has 2 aromatic carbocycles. The van der Waals surface area contributed by atoms with Crippen molar-refractivity contribution >= 4 is 39.9 Å². The maximum atomic E-state index is 12.9. The van der Waals surface area contributed by atoms with Crippen LogP contribution in [0.1, 0.15) is 22.3 Å². The SMILES string of the molecule is CN(CC(=O)c1cn(CCC#N)c2ccccc12)Cc1cc(Cl)cc(Cl)c1. The first-order chi connectivity index (χ1) is 13.0. The number of halogens is 2. The number of para-hydroxylation sites is 1. The highest BCUT2D eigenvalue weighted by Crippen LogP contribution is 2.23. The van der Waals surface area contributed by atoms with Crippen LogP contribution < -0.4 is 0 Å². The van der Waals surface area contributed by atoms with Crippen molar-refractivity contribution in [2.24, 2.45) is 0 Å². The molecule has 0 aliphatic heterocycles. The van der Waals surface area contributed by atoms with Crippen LogP contribution in [-0.4, -0.2) is 28.8 Å². The van der Waals surface area contributed by atoms with Crippen molar-refractivity contribution in [3.8, 4) is 6.07 Å². The van der Waals surface area contributed by atoms with Gasteiger partial charge in [0.15, 0.2) is 5.78 Å². The highest BCUT2D eigenvalue weighted by atomic mass is 35.5. The number of hydrogen-bond donors (Lipinski definition) is 0. The van der Waals surface area contributed by atoms with Crippen LogP contribution in [0.5, 0.6) is 0 Å². The summed E-state index contributed by atoms with van der Waals surface area (Å²) in [5, 5.41) is 10.9. The molecule has 0 aliphatic rings. The first-order valence-corrected chi connectivity index (χ1v) is 9.35. The summed E-state index contributed by atoms with van der Waals surface area (Å²) in [5.74, 6) is 0.0394. The topological polar surface area (TPSA) is 49.0 Å². The molecule has 0 radical (unpaired) electrons. The van der Waals surface area contributed by atoms with Crippen molar-refractivity contribution in [2.75, 3.05) is 13.6 Å². The van der Waals surface area contributed by atoms with E-state index in [-0.39, 0.29) is 12.3 Å². The number of hydrogen-bond acceptors (Lipinski definition) is 3. The maximum Gasteiger partial charge on any atom is 0.178 e. The largest absolute Gasteiger partial charge is 0.346 e. The number of nitrogens with zero attached hydrogens (tertiary/aromatic N) is 3. The number of benzene rings is 2. The van der Waals surface area contributed by atoms with Gasteiger partial charge < -0.3 is 4.57 Å². The number of likely N-dealkylation sites (N-methyl/N-ethyl adjacent to an activating group) is 1. The van der Waals surface area contributed by atoms with Crippen LogP contribution in [0.4, 0.5) is 0 Å². The second-order valence-corrected chi connectivity index (χ2v) is 7.41. The maximum absolute atomic E-state index is 12.9. The second-order valence-electron chi connectivity index (χ2n) is 6.53. The van der Waals surface area contributed by atoms with Crippen molar-refractivity contribution < 1.29 is 4.79 Å². The number of fused-ring (bicyclic) bond motifs is 1. The lowest BCUT2D eigenvalue weighted by molar-refractivity contribution is 0.0944. The fraction of sp³-hybridized carbons (Fsp3) is 0.238. The summed E-state index contributed by atoms with van der Waals surface area (Å²) in [6.45, 7) is 1.41. The lowest BCUT2D eigenvalue weighted by Crippen LogP contribution is -2.25. The van der Waals surface area contributed by atoms with E-state index in [1.54, 1.807) is 6.07 Å². The average molecular weight is 400 g/mol. The third kappa shape index (κ3) is 4.70. The molecule has 1 aromatic heterocycles. The van der Waals surface area contributed by atoms with Gasteiger partial charge in [0.25, 0.3) is 0 Å². The summed E-state index contributed by atoms with van der Waals surface area (Å²) in [5.41, 5.74) is 2.61. The third-order valence-electron chi connectivity index (χ3n) is 4.34. The number of Topliss-reactive ketones (excluding diaryl/α,β-unsaturated/α-hetero) is 1. The van der Waals surface area contributed by atoms with Crippen LogP contribution in [0, 0.1) is 11.3 Å². The van der Waals surface area contributed by atoms with Crippen LogP contribution in [-0.2, 0) is 13.1 Å². The number of aromatic nitrogens is 1. The van der Waals surface area contributed by atoms with Crippen molar-refractivity contribution in [3.05, 3.63) is 69.8 Å². The fourth-order valence-electron chi connectivity index (χ4n) is 3.22. The van der Waals surface area contributed by atoms with Crippen molar-refractivity contribution in [1.29, 1.82) is 5.26 Å². The van der Waals surface area contributed by atoms with E-state index in [2.05, 4.69) is 6.07 Å². The molecule has 0 unspecified atom stereocenters. The zero-order valence-electron chi connectivity index (χ0n) is 15.0. The molecule has 0 saturated heterocycles. The van der Waals surface area contributed by atoms with Gasteiger partial charge in [-0.25, -0.2) is 0 Å². The predicted octanol–water partition coefficient (Wildman–Crippen LogP) is 5.18. The highest BCUT2D eigenvalue weighted by Gasteiger charge is 2.16. The van der Waals surface area contributed by atoms with Crippen molar-refractivity contribution in [2.45, 2.75) is 19.5 Å². The lowest BCUT2D eigenvalue weighted by atomic mass is 10.1. The molecule has 6 heteroatoms. The zero-order chi connectivity index (χ0) is 19.4. The molecule has 0 atom stereocenters. The normalized spacial score (nSPS) is 11.1. The fourth-order valence-corrected chi connectivity index (χ4v) is 3.80. The molecule has 0 fully saturated rings. The molecule has 0 N–H and O–H groups in total. The summed E-state index contributed by atoms with van der Waals surface area (Å²) in [4.78, 5) is 14.8. The molecule has 3 rings (SSSR count). The van der Waals surface area contributed by atoms with Crippen LogP contribution >= 0.6 is 23.2 Å². The Morgan fingerprint density at radius 1 is 1.19 bits per heavy atom. The highest BCUT2D eigenvalue weighted by molar-refractivity contribution is 6.34. The molecular weight excluding hydrogens is 381 g/mol. The smallest absolute Gasteiger partial charge is 0.178 e. The Labute approximate surface area is 168 Å². The number of aryl methyl sites for hydroxylation is 1. The number of nitriles is 1. The Kier molecular flexibility index (Phi) is 6.18. The van der Waals surface area contributed by atoms with Gasteiger partial charge in [0, 0.05) is 45.8 Å². The monoisotopic (exact) mass is 399 g/mol. The van der Waals surface area contributed by atoms with E-state index in [1.165, 1.54) is 0 Å². The first-order valence-electron chi connectivity index (χ1n) is 8.59. The molecule has 0 aliphatic carbocycles. The molecule has 0 spiro atoms. The summed E-state index contributed by atoms with van der Waals surface area (Å²) < 4.78 is 1.97.